The van der Waals surface area contributed by atoms with Crippen LogP contribution in [0.5, 0.6) is 0 Å². The topological polar surface area (TPSA) is 96.4 Å². The number of non-ortho nitro benzene ring substituents is 1. The Morgan fingerprint density at radius 3 is 2.72 bits per heavy atom. The Morgan fingerprint density at radius 1 is 1.36 bits per heavy atom. The first-order chi connectivity index (χ1) is 11.7. The largest absolute Gasteiger partial charge is 0.294 e. The van der Waals surface area contributed by atoms with E-state index in [0.717, 1.165) is 5.70 Å². The monoisotopic (exact) mass is 337 g/mol. The molecule has 0 saturated heterocycles. The zero-order valence-corrected chi connectivity index (χ0v) is 14.4. The Morgan fingerprint density at radius 2 is 2.08 bits per heavy atom. The fourth-order valence-electron chi connectivity index (χ4n) is 3.80. The van der Waals surface area contributed by atoms with Crippen molar-refractivity contribution in [2.24, 2.45) is 16.3 Å². The molecule has 0 bridgehead atoms. The number of aliphatic imine (C=N–C) groups is 1. The number of nitro benzene ring substituents is 1. The molecule has 6 nitrogen and oxygen atoms in total. The van der Waals surface area contributed by atoms with Crippen LogP contribution in [-0.2, 0) is 4.79 Å². The summed E-state index contributed by atoms with van der Waals surface area (Å²) in [7, 11) is 0. The molecule has 0 amide bonds. The molecular weight excluding hydrogens is 318 g/mol. The number of rotatable bonds is 2. The lowest BCUT2D eigenvalue weighted by atomic mass is 9.67. The predicted molar refractivity (Wildman–Crippen MR) is 93.1 cm³/mol. The number of nitriles is 1. The lowest BCUT2D eigenvalue weighted by molar-refractivity contribution is -0.384. The number of hydrogen-bond acceptors (Lipinski definition) is 5. The van der Waals surface area contributed by atoms with Gasteiger partial charge in [-0.15, -0.1) is 0 Å². The molecule has 1 aliphatic heterocycles. The van der Waals surface area contributed by atoms with Crippen LogP contribution in [0.25, 0.3) is 0 Å². The van der Waals surface area contributed by atoms with Gasteiger partial charge in [0.05, 0.1) is 16.9 Å². The van der Waals surface area contributed by atoms with Gasteiger partial charge in [-0.2, -0.15) is 5.26 Å². The lowest BCUT2D eigenvalue weighted by Gasteiger charge is -2.37. The normalized spacial score (nSPS) is 25.0. The quantitative estimate of drug-likeness (QED) is 0.603. The van der Waals surface area contributed by atoms with Gasteiger partial charge >= 0.3 is 0 Å². The summed E-state index contributed by atoms with van der Waals surface area (Å²) in [5, 5.41) is 20.8. The van der Waals surface area contributed by atoms with Crippen LogP contribution < -0.4 is 0 Å². The Kier molecular flexibility index (Phi) is 4.03. The van der Waals surface area contributed by atoms with Gasteiger partial charge in [-0.1, -0.05) is 26.0 Å². The molecule has 0 radical (unpaired) electrons. The molecule has 1 aliphatic carbocycles. The zero-order chi connectivity index (χ0) is 18.4. The standard InChI is InChI=1S/C19H19N3O3/c1-11-14(10-20)17(12-5-4-6-13(7-12)22(24)25)18-15(21-11)8-19(2,3)9-16(18)23/h4-7,14,17H,8-9H2,1-3H3/t14?,17-/m1/s1. The van der Waals surface area contributed by atoms with E-state index < -0.39 is 16.8 Å². The highest BCUT2D eigenvalue weighted by Crippen LogP contribution is 2.47. The van der Waals surface area contributed by atoms with Gasteiger partial charge in [0.15, 0.2) is 5.78 Å². The van der Waals surface area contributed by atoms with E-state index in [1.54, 1.807) is 19.1 Å². The maximum Gasteiger partial charge on any atom is 0.269 e. The first-order valence-corrected chi connectivity index (χ1v) is 8.19. The Bertz CT molecular complexity index is 874. The smallest absolute Gasteiger partial charge is 0.269 e. The molecule has 1 heterocycles. The molecule has 2 atom stereocenters. The van der Waals surface area contributed by atoms with Crippen LogP contribution >= 0.6 is 0 Å². The summed E-state index contributed by atoms with van der Waals surface area (Å²) >= 11 is 0. The van der Waals surface area contributed by atoms with E-state index in [0.29, 0.717) is 29.7 Å². The molecule has 2 aliphatic rings. The number of benzene rings is 1. The number of allylic oxidation sites excluding steroid dienone is 2. The van der Waals surface area contributed by atoms with E-state index in [4.69, 9.17) is 0 Å². The molecular formula is C19H19N3O3. The maximum atomic E-state index is 12.8. The third kappa shape index (κ3) is 2.98. The number of hydrogen-bond donors (Lipinski definition) is 0. The van der Waals surface area contributed by atoms with E-state index >= 15 is 0 Å². The van der Waals surface area contributed by atoms with Crippen molar-refractivity contribution in [2.45, 2.75) is 39.5 Å². The second-order valence-corrected chi connectivity index (χ2v) is 7.49. The van der Waals surface area contributed by atoms with Gasteiger partial charge in [-0.3, -0.25) is 19.9 Å². The van der Waals surface area contributed by atoms with Crippen LogP contribution in [0.4, 0.5) is 5.69 Å². The van der Waals surface area contributed by atoms with Crippen molar-refractivity contribution < 1.29 is 9.72 Å². The average Bonchev–Trinajstić information content (AvgIpc) is 2.52. The van der Waals surface area contributed by atoms with Crippen molar-refractivity contribution in [3.63, 3.8) is 0 Å². The molecule has 0 spiro atoms. The molecule has 3 rings (SSSR count). The minimum Gasteiger partial charge on any atom is -0.294 e. The zero-order valence-electron chi connectivity index (χ0n) is 14.4. The summed E-state index contributed by atoms with van der Waals surface area (Å²) in [4.78, 5) is 28.1. The Balaban J connectivity index is 2.19. The van der Waals surface area contributed by atoms with Gasteiger partial charge in [-0.05, 0) is 24.3 Å². The summed E-state index contributed by atoms with van der Waals surface area (Å²) in [6.07, 6.45) is 1.05. The summed E-state index contributed by atoms with van der Waals surface area (Å²) in [6, 6.07) is 8.46. The predicted octanol–water partition coefficient (Wildman–Crippen LogP) is 3.94. The van der Waals surface area contributed by atoms with Crippen LogP contribution in [0.2, 0.25) is 0 Å². The van der Waals surface area contributed by atoms with Crippen molar-refractivity contribution in [1.29, 1.82) is 5.26 Å². The van der Waals surface area contributed by atoms with E-state index in [9.17, 15) is 20.2 Å². The molecule has 25 heavy (non-hydrogen) atoms. The number of carbonyl (C=O) groups is 1. The number of ketones is 1. The molecule has 0 N–H and O–H groups in total. The summed E-state index contributed by atoms with van der Waals surface area (Å²) in [5.41, 5.74) is 2.34. The highest BCUT2D eigenvalue weighted by atomic mass is 16.6. The van der Waals surface area contributed by atoms with Crippen LogP contribution in [0.15, 0.2) is 40.5 Å². The van der Waals surface area contributed by atoms with Gasteiger partial charge in [0.2, 0.25) is 0 Å². The molecule has 1 aromatic carbocycles. The molecule has 1 unspecified atom stereocenters. The van der Waals surface area contributed by atoms with Gasteiger partial charge in [0.1, 0.15) is 0 Å². The third-order valence-corrected chi connectivity index (χ3v) is 4.88. The second-order valence-electron chi connectivity index (χ2n) is 7.49. The fraction of sp³-hybridized carbons (Fsp3) is 0.421. The molecule has 128 valence electrons. The Labute approximate surface area is 146 Å². The van der Waals surface area contributed by atoms with Crippen LogP contribution in [0, 0.1) is 32.8 Å². The second kappa shape index (κ2) is 5.92. The number of Topliss-reactive ketones (excluding diaryl/α,β-unsaturated/α-hetero) is 1. The summed E-state index contributed by atoms with van der Waals surface area (Å²) in [6.45, 7) is 5.84. The van der Waals surface area contributed by atoms with Crippen molar-refractivity contribution in [3.05, 3.63) is 51.2 Å². The van der Waals surface area contributed by atoms with Crippen molar-refractivity contribution >= 4 is 17.2 Å². The van der Waals surface area contributed by atoms with Crippen LogP contribution in [-0.4, -0.2) is 16.4 Å². The molecule has 1 aromatic rings. The molecule has 0 aromatic heterocycles. The molecule has 0 saturated carbocycles. The molecule has 0 fully saturated rings. The first-order valence-electron chi connectivity index (χ1n) is 8.19. The van der Waals surface area contributed by atoms with E-state index in [1.807, 2.05) is 13.8 Å². The summed E-state index contributed by atoms with van der Waals surface area (Å²) < 4.78 is 0. The molecule has 6 heteroatoms. The van der Waals surface area contributed by atoms with Gasteiger partial charge in [0, 0.05) is 41.5 Å². The lowest BCUT2D eigenvalue weighted by Crippen LogP contribution is -2.35. The van der Waals surface area contributed by atoms with Gasteiger partial charge < -0.3 is 0 Å². The van der Waals surface area contributed by atoms with Crippen molar-refractivity contribution in [3.8, 4) is 6.07 Å². The highest BCUT2D eigenvalue weighted by Gasteiger charge is 2.43. The SMILES string of the molecule is CC1=NC2=C(C(=O)CC(C)(C)C2)[C@H](c2cccc([N+](=O)[O-])c2)C1C#N. The number of carbonyl (C=O) groups excluding carboxylic acids is 1. The fourth-order valence-corrected chi connectivity index (χ4v) is 3.80. The summed E-state index contributed by atoms with van der Waals surface area (Å²) in [5.74, 6) is -1.11. The van der Waals surface area contributed by atoms with E-state index in [2.05, 4.69) is 11.1 Å². The van der Waals surface area contributed by atoms with Crippen LogP contribution in [0.1, 0.15) is 45.1 Å². The average molecular weight is 337 g/mol. The highest BCUT2D eigenvalue weighted by molar-refractivity contribution is 6.03. The third-order valence-electron chi connectivity index (χ3n) is 4.88. The number of nitro groups is 1. The number of nitrogens with zero attached hydrogens (tertiary/aromatic N) is 3. The Hall–Kier alpha value is -2.81. The van der Waals surface area contributed by atoms with E-state index in [1.165, 1.54) is 12.1 Å². The maximum absolute atomic E-state index is 12.8. The van der Waals surface area contributed by atoms with Gasteiger partial charge in [0.25, 0.3) is 5.69 Å². The minimum absolute atomic E-state index is 0.0146. The first kappa shape index (κ1) is 17.0. The van der Waals surface area contributed by atoms with Gasteiger partial charge in [-0.25, -0.2) is 0 Å². The van der Waals surface area contributed by atoms with Crippen LogP contribution in [0.3, 0.4) is 0 Å². The van der Waals surface area contributed by atoms with Crippen molar-refractivity contribution in [2.75, 3.05) is 0 Å². The van der Waals surface area contributed by atoms with E-state index in [-0.39, 0.29) is 16.9 Å². The minimum atomic E-state index is -0.592. The van der Waals surface area contributed by atoms with Crippen molar-refractivity contribution in [1.82, 2.24) is 0 Å².